The summed E-state index contributed by atoms with van der Waals surface area (Å²) in [6.07, 6.45) is 0. The van der Waals surface area contributed by atoms with Gasteiger partial charge in [-0.3, -0.25) is 9.36 Å². The van der Waals surface area contributed by atoms with Crippen LogP contribution in [0.3, 0.4) is 0 Å². The molecule has 0 bridgehead atoms. The molecule has 174 valence electrons. The molecule has 7 nitrogen and oxygen atoms in total. The fraction of sp³-hybridized carbons (Fsp3) is 0.160. The van der Waals surface area contributed by atoms with Crippen molar-refractivity contribution in [2.75, 3.05) is 19.5 Å². The van der Waals surface area contributed by atoms with Crippen molar-refractivity contribution in [2.24, 2.45) is 0 Å². The first kappa shape index (κ1) is 23.5. The Morgan fingerprint density at radius 2 is 1.79 bits per heavy atom. The number of ether oxygens (including phenoxy) is 2. The first-order valence-corrected chi connectivity index (χ1v) is 11.2. The maximum Gasteiger partial charge on any atom is 0.246 e. The highest BCUT2D eigenvalue weighted by Crippen LogP contribution is 2.29. The van der Waals surface area contributed by atoms with Crippen molar-refractivity contribution in [3.8, 4) is 28.6 Å². The minimum Gasteiger partial charge on any atom is -0.497 e. The molecule has 0 saturated heterocycles. The van der Waals surface area contributed by atoms with E-state index in [4.69, 9.17) is 38.4 Å². The third-order valence-electron chi connectivity index (χ3n) is 5.27. The van der Waals surface area contributed by atoms with Gasteiger partial charge in [-0.05, 0) is 67.2 Å². The number of hydrogen-bond donors (Lipinski definition) is 1. The third-order valence-corrected chi connectivity index (χ3v) is 5.92. The molecule has 0 saturated carbocycles. The fourth-order valence-electron chi connectivity index (χ4n) is 3.57. The van der Waals surface area contributed by atoms with Gasteiger partial charge in [-0.25, -0.2) is 4.68 Å². The van der Waals surface area contributed by atoms with E-state index in [0.29, 0.717) is 32.8 Å². The number of halogens is 1. The van der Waals surface area contributed by atoms with Crippen molar-refractivity contribution in [2.45, 2.75) is 13.5 Å². The lowest BCUT2D eigenvalue weighted by Gasteiger charge is -2.11. The van der Waals surface area contributed by atoms with Gasteiger partial charge in [-0.15, -0.1) is 0 Å². The number of para-hydroxylation sites is 1. The Morgan fingerprint density at radius 1 is 1.06 bits per heavy atom. The molecule has 0 radical (unpaired) electrons. The van der Waals surface area contributed by atoms with Crippen LogP contribution in [-0.2, 0) is 11.3 Å². The second-order valence-corrected chi connectivity index (χ2v) is 8.31. The van der Waals surface area contributed by atoms with Gasteiger partial charge in [-0.1, -0.05) is 29.8 Å². The topological polar surface area (TPSA) is 70.3 Å². The van der Waals surface area contributed by atoms with Crippen molar-refractivity contribution < 1.29 is 14.3 Å². The van der Waals surface area contributed by atoms with Crippen molar-refractivity contribution in [1.29, 1.82) is 0 Å². The fourth-order valence-corrected chi connectivity index (χ4v) is 3.98. The highest BCUT2D eigenvalue weighted by Gasteiger charge is 2.18. The molecular formula is C25H23ClN4O3S. The van der Waals surface area contributed by atoms with E-state index in [1.54, 1.807) is 37.4 Å². The number of carbonyl (C=O) groups is 1. The van der Waals surface area contributed by atoms with E-state index < -0.39 is 0 Å². The summed E-state index contributed by atoms with van der Waals surface area (Å²) in [5.74, 6) is 1.43. The number of nitrogens with zero attached hydrogens (tertiary/aromatic N) is 3. The third kappa shape index (κ3) is 4.83. The molecule has 4 rings (SSSR count). The van der Waals surface area contributed by atoms with Gasteiger partial charge in [0.25, 0.3) is 0 Å². The molecule has 0 aliphatic rings. The van der Waals surface area contributed by atoms with Gasteiger partial charge in [0.2, 0.25) is 10.7 Å². The highest BCUT2D eigenvalue weighted by molar-refractivity contribution is 7.71. The number of hydrogen-bond acceptors (Lipinski definition) is 5. The van der Waals surface area contributed by atoms with E-state index in [1.165, 1.54) is 11.8 Å². The van der Waals surface area contributed by atoms with Gasteiger partial charge in [0.1, 0.15) is 18.0 Å². The Balaban J connectivity index is 1.73. The Bertz CT molecular complexity index is 1400. The van der Waals surface area contributed by atoms with E-state index in [2.05, 4.69) is 5.32 Å². The zero-order valence-corrected chi connectivity index (χ0v) is 20.5. The molecule has 1 amide bonds. The zero-order chi connectivity index (χ0) is 24.2. The number of anilines is 1. The number of rotatable bonds is 7. The van der Waals surface area contributed by atoms with Crippen molar-refractivity contribution in [3.05, 3.63) is 82.1 Å². The molecule has 0 unspecified atom stereocenters. The van der Waals surface area contributed by atoms with Crippen molar-refractivity contribution >= 4 is 35.4 Å². The molecule has 9 heteroatoms. The number of aromatic nitrogens is 3. The summed E-state index contributed by atoms with van der Waals surface area (Å²) in [6, 6.07) is 20.4. The first-order chi connectivity index (χ1) is 16.4. The maximum atomic E-state index is 13.0. The van der Waals surface area contributed by atoms with Crippen LogP contribution in [0.1, 0.15) is 5.56 Å². The van der Waals surface area contributed by atoms with Crippen LogP contribution in [0.5, 0.6) is 11.5 Å². The van der Waals surface area contributed by atoms with E-state index in [0.717, 1.165) is 16.8 Å². The van der Waals surface area contributed by atoms with Gasteiger partial charge < -0.3 is 14.8 Å². The van der Waals surface area contributed by atoms with Crippen LogP contribution in [0.15, 0.2) is 66.7 Å². The SMILES string of the molecule is COc1ccc(OC)c(NC(=O)Cn2nc(-c3ccc(Cl)cc3)n(-c3ccccc3C)c2=S)c1. The standard InChI is InChI=1S/C25H23ClN4O3S/c1-16-6-4-5-7-21(16)30-24(17-8-10-18(26)11-9-17)28-29(25(30)34)15-23(31)27-20-14-19(32-2)12-13-22(20)33-3/h4-14H,15H2,1-3H3,(H,27,31). The lowest BCUT2D eigenvalue weighted by molar-refractivity contribution is -0.116. The number of amides is 1. The van der Waals surface area contributed by atoms with Crippen LogP contribution >= 0.6 is 23.8 Å². The lowest BCUT2D eigenvalue weighted by Crippen LogP contribution is -2.20. The summed E-state index contributed by atoms with van der Waals surface area (Å²) in [5, 5.41) is 8.18. The molecule has 1 aromatic heterocycles. The van der Waals surface area contributed by atoms with Crippen LogP contribution in [-0.4, -0.2) is 34.5 Å². The predicted octanol–water partition coefficient (Wildman–Crippen LogP) is 5.69. The number of benzene rings is 3. The monoisotopic (exact) mass is 494 g/mol. The maximum absolute atomic E-state index is 13.0. The van der Waals surface area contributed by atoms with Gasteiger partial charge in [-0.2, -0.15) is 5.10 Å². The quantitative estimate of drug-likeness (QED) is 0.334. The summed E-state index contributed by atoms with van der Waals surface area (Å²) in [7, 11) is 3.10. The Morgan fingerprint density at radius 3 is 2.47 bits per heavy atom. The van der Waals surface area contributed by atoms with E-state index in [-0.39, 0.29) is 12.5 Å². The minimum absolute atomic E-state index is 0.0847. The summed E-state index contributed by atoms with van der Waals surface area (Å²) < 4.78 is 14.4. The number of methoxy groups -OCH3 is 2. The molecule has 3 aromatic carbocycles. The molecule has 4 aromatic rings. The molecule has 0 aliphatic heterocycles. The molecule has 0 aliphatic carbocycles. The van der Waals surface area contributed by atoms with Gasteiger partial charge >= 0.3 is 0 Å². The Labute approximate surface area is 207 Å². The van der Waals surface area contributed by atoms with Crippen LogP contribution < -0.4 is 14.8 Å². The van der Waals surface area contributed by atoms with Crippen molar-refractivity contribution in [1.82, 2.24) is 14.3 Å². The lowest BCUT2D eigenvalue weighted by atomic mass is 10.1. The Hall–Kier alpha value is -3.62. The average molecular weight is 495 g/mol. The number of aryl methyl sites for hydroxylation is 1. The molecule has 0 atom stereocenters. The van der Waals surface area contributed by atoms with Crippen LogP contribution in [0.4, 0.5) is 5.69 Å². The normalized spacial score (nSPS) is 10.7. The van der Waals surface area contributed by atoms with Crippen LogP contribution in [0.25, 0.3) is 17.1 Å². The summed E-state index contributed by atoms with van der Waals surface area (Å²) in [6.45, 7) is 1.92. The van der Waals surface area contributed by atoms with Crippen LogP contribution in [0.2, 0.25) is 5.02 Å². The first-order valence-electron chi connectivity index (χ1n) is 10.4. The van der Waals surface area contributed by atoms with Gasteiger partial charge in [0, 0.05) is 16.7 Å². The van der Waals surface area contributed by atoms with E-state index in [9.17, 15) is 4.79 Å². The average Bonchev–Trinajstić information content (AvgIpc) is 3.15. The zero-order valence-electron chi connectivity index (χ0n) is 18.9. The second-order valence-electron chi connectivity index (χ2n) is 7.51. The second kappa shape index (κ2) is 10.1. The smallest absolute Gasteiger partial charge is 0.246 e. The molecule has 1 N–H and O–H groups in total. The van der Waals surface area contributed by atoms with E-state index >= 15 is 0 Å². The largest absolute Gasteiger partial charge is 0.497 e. The Kier molecular flexibility index (Phi) is 7.00. The predicted molar refractivity (Wildman–Crippen MR) is 136 cm³/mol. The summed E-state index contributed by atoms with van der Waals surface area (Å²) >= 11 is 11.8. The van der Waals surface area contributed by atoms with Crippen LogP contribution in [0, 0.1) is 11.7 Å². The molecular weight excluding hydrogens is 472 g/mol. The molecule has 0 fully saturated rings. The summed E-state index contributed by atoms with van der Waals surface area (Å²) in [4.78, 5) is 13.0. The highest BCUT2D eigenvalue weighted by atomic mass is 35.5. The van der Waals surface area contributed by atoms with Crippen molar-refractivity contribution in [3.63, 3.8) is 0 Å². The summed E-state index contributed by atoms with van der Waals surface area (Å²) in [5.41, 5.74) is 3.24. The molecule has 0 spiro atoms. The molecule has 34 heavy (non-hydrogen) atoms. The number of nitrogens with one attached hydrogen (secondary N) is 1. The van der Waals surface area contributed by atoms with Gasteiger partial charge in [0.15, 0.2) is 5.82 Å². The number of carbonyl (C=O) groups excluding carboxylic acids is 1. The molecule has 1 heterocycles. The minimum atomic E-state index is -0.306. The van der Waals surface area contributed by atoms with Gasteiger partial charge in [0.05, 0.1) is 25.6 Å². The van der Waals surface area contributed by atoms with E-state index in [1.807, 2.05) is 47.9 Å².